The van der Waals surface area contributed by atoms with Gasteiger partial charge in [-0.2, -0.15) is 0 Å². The van der Waals surface area contributed by atoms with Crippen LogP contribution in [0, 0.1) is 5.92 Å². The van der Waals surface area contributed by atoms with E-state index in [0.29, 0.717) is 6.61 Å². The first-order valence-electron chi connectivity index (χ1n) is 5.54. The second kappa shape index (κ2) is 5.12. The van der Waals surface area contributed by atoms with Gasteiger partial charge in [0.2, 0.25) is 0 Å². The smallest absolute Gasteiger partial charge is 0.311 e. The molecule has 0 heterocycles. The Morgan fingerprint density at radius 2 is 2.06 bits per heavy atom. The quantitative estimate of drug-likeness (QED) is 0.729. The van der Waals surface area contributed by atoms with E-state index in [9.17, 15) is 4.79 Å². The van der Waals surface area contributed by atoms with E-state index in [1.807, 2.05) is 30.3 Å². The zero-order valence-corrected chi connectivity index (χ0v) is 9.39. The molecule has 1 saturated carbocycles. The van der Waals surface area contributed by atoms with Crippen LogP contribution in [0.25, 0.3) is 0 Å². The molecule has 1 aliphatic rings. The lowest BCUT2D eigenvalue weighted by molar-refractivity contribution is -0.160. The van der Waals surface area contributed by atoms with Gasteiger partial charge < -0.3 is 9.47 Å². The molecule has 0 bridgehead atoms. The average Bonchev–Trinajstić information content (AvgIpc) is 2.29. The van der Waals surface area contributed by atoms with Gasteiger partial charge in [-0.15, -0.1) is 0 Å². The monoisotopic (exact) mass is 220 g/mol. The predicted molar refractivity (Wildman–Crippen MR) is 59.8 cm³/mol. The minimum Gasteiger partial charge on any atom is -0.469 e. The standard InChI is InChI=1S/C13H16O3/c1-15-13(14)11-7-8-12(11)16-9-10-5-3-2-4-6-10/h2-6,11-12H,7-9H2,1H3. The van der Waals surface area contributed by atoms with Crippen molar-refractivity contribution in [1.29, 1.82) is 0 Å². The first-order valence-corrected chi connectivity index (χ1v) is 5.54. The first-order chi connectivity index (χ1) is 7.81. The Bertz CT molecular complexity index is 347. The number of hydrogen-bond acceptors (Lipinski definition) is 3. The SMILES string of the molecule is COC(=O)C1CCC1OCc1ccccc1. The minimum atomic E-state index is -0.149. The predicted octanol–water partition coefficient (Wildman–Crippen LogP) is 2.15. The Hall–Kier alpha value is -1.35. The van der Waals surface area contributed by atoms with Gasteiger partial charge in [0.25, 0.3) is 0 Å². The Kier molecular flexibility index (Phi) is 3.57. The maximum absolute atomic E-state index is 11.3. The van der Waals surface area contributed by atoms with Crippen LogP contribution < -0.4 is 0 Å². The molecule has 2 atom stereocenters. The van der Waals surface area contributed by atoms with E-state index in [4.69, 9.17) is 9.47 Å². The van der Waals surface area contributed by atoms with Gasteiger partial charge in [0.15, 0.2) is 0 Å². The molecule has 1 fully saturated rings. The fourth-order valence-electron chi connectivity index (χ4n) is 1.87. The molecule has 1 aromatic rings. The van der Waals surface area contributed by atoms with Crippen LogP contribution in [0.15, 0.2) is 30.3 Å². The maximum atomic E-state index is 11.3. The molecular formula is C13H16O3. The number of carbonyl (C=O) groups is 1. The van der Waals surface area contributed by atoms with Gasteiger partial charge in [-0.1, -0.05) is 30.3 Å². The van der Waals surface area contributed by atoms with E-state index < -0.39 is 0 Å². The molecule has 86 valence electrons. The summed E-state index contributed by atoms with van der Waals surface area (Å²) in [6.45, 7) is 0.568. The molecule has 3 heteroatoms. The van der Waals surface area contributed by atoms with Gasteiger partial charge in [0.05, 0.1) is 25.7 Å². The molecule has 2 rings (SSSR count). The largest absolute Gasteiger partial charge is 0.469 e. The van der Waals surface area contributed by atoms with Gasteiger partial charge in [0, 0.05) is 0 Å². The second-order valence-corrected chi connectivity index (χ2v) is 4.04. The van der Waals surface area contributed by atoms with Crippen molar-refractivity contribution in [1.82, 2.24) is 0 Å². The van der Waals surface area contributed by atoms with Crippen molar-refractivity contribution < 1.29 is 14.3 Å². The fraction of sp³-hybridized carbons (Fsp3) is 0.462. The lowest BCUT2D eigenvalue weighted by Crippen LogP contribution is -2.40. The van der Waals surface area contributed by atoms with Crippen LogP contribution in [-0.2, 0) is 20.9 Å². The molecule has 1 aliphatic carbocycles. The summed E-state index contributed by atoms with van der Waals surface area (Å²) < 4.78 is 10.4. The first kappa shape index (κ1) is 11.1. The molecule has 0 aromatic heterocycles. The molecule has 1 aromatic carbocycles. The summed E-state index contributed by atoms with van der Waals surface area (Å²) in [6.07, 6.45) is 1.87. The van der Waals surface area contributed by atoms with Gasteiger partial charge in [-0.05, 0) is 18.4 Å². The molecule has 0 aliphatic heterocycles. The Labute approximate surface area is 95.4 Å². The second-order valence-electron chi connectivity index (χ2n) is 4.04. The van der Waals surface area contributed by atoms with Crippen LogP contribution in [0.3, 0.4) is 0 Å². The highest BCUT2D eigenvalue weighted by molar-refractivity contribution is 5.74. The van der Waals surface area contributed by atoms with Crippen molar-refractivity contribution in [2.75, 3.05) is 7.11 Å². The third-order valence-corrected chi connectivity index (χ3v) is 3.02. The maximum Gasteiger partial charge on any atom is 0.311 e. The van der Waals surface area contributed by atoms with Crippen LogP contribution in [0.5, 0.6) is 0 Å². The van der Waals surface area contributed by atoms with Crippen molar-refractivity contribution >= 4 is 5.97 Å². The van der Waals surface area contributed by atoms with Crippen LogP contribution in [0.4, 0.5) is 0 Å². The molecule has 0 radical (unpaired) electrons. The van der Waals surface area contributed by atoms with Crippen LogP contribution >= 0.6 is 0 Å². The number of methoxy groups -OCH3 is 1. The summed E-state index contributed by atoms with van der Waals surface area (Å²) in [7, 11) is 1.43. The molecule has 3 nitrogen and oxygen atoms in total. The van der Waals surface area contributed by atoms with Gasteiger partial charge in [-0.3, -0.25) is 4.79 Å². The third-order valence-electron chi connectivity index (χ3n) is 3.02. The molecule has 2 unspecified atom stereocenters. The average molecular weight is 220 g/mol. The number of esters is 1. The van der Waals surface area contributed by atoms with E-state index in [1.54, 1.807) is 0 Å². The summed E-state index contributed by atoms with van der Waals surface area (Å²) in [5.41, 5.74) is 1.14. The minimum absolute atomic E-state index is 0.0349. The van der Waals surface area contributed by atoms with Crippen LogP contribution in [0.1, 0.15) is 18.4 Å². The zero-order valence-electron chi connectivity index (χ0n) is 9.39. The third kappa shape index (κ3) is 2.42. The molecule has 16 heavy (non-hydrogen) atoms. The Morgan fingerprint density at radius 3 is 2.62 bits per heavy atom. The molecular weight excluding hydrogens is 204 g/mol. The van der Waals surface area contributed by atoms with Gasteiger partial charge in [-0.25, -0.2) is 0 Å². The summed E-state index contributed by atoms with van der Waals surface area (Å²) in [5.74, 6) is -0.210. The number of rotatable bonds is 4. The van der Waals surface area contributed by atoms with Crippen LogP contribution in [-0.4, -0.2) is 19.2 Å². The van der Waals surface area contributed by atoms with Crippen molar-refractivity contribution in [2.24, 2.45) is 5.92 Å². The molecule has 0 amide bonds. The van der Waals surface area contributed by atoms with Crippen LogP contribution in [0.2, 0.25) is 0 Å². The summed E-state index contributed by atoms with van der Waals surface area (Å²) >= 11 is 0. The normalized spacial score (nSPS) is 23.6. The summed E-state index contributed by atoms with van der Waals surface area (Å²) in [5, 5.41) is 0. The van der Waals surface area contributed by atoms with E-state index in [2.05, 4.69) is 0 Å². The van der Waals surface area contributed by atoms with E-state index >= 15 is 0 Å². The highest BCUT2D eigenvalue weighted by atomic mass is 16.5. The Balaban J connectivity index is 1.81. The topological polar surface area (TPSA) is 35.5 Å². The zero-order chi connectivity index (χ0) is 11.4. The van der Waals surface area contributed by atoms with E-state index in [-0.39, 0.29) is 18.0 Å². The van der Waals surface area contributed by atoms with E-state index in [0.717, 1.165) is 18.4 Å². The Morgan fingerprint density at radius 1 is 1.31 bits per heavy atom. The van der Waals surface area contributed by atoms with Crippen molar-refractivity contribution in [3.8, 4) is 0 Å². The summed E-state index contributed by atoms with van der Waals surface area (Å²) in [4.78, 5) is 11.3. The number of ether oxygens (including phenoxy) is 2. The fourth-order valence-corrected chi connectivity index (χ4v) is 1.87. The lowest BCUT2D eigenvalue weighted by atomic mass is 9.82. The summed E-state index contributed by atoms with van der Waals surface area (Å²) in [6, 6.07) is 9.98. The molecule has 0 saturated heterocycles. The van der Waals surface area contributed by atoms with Crippen molar-refractivity contribution in [2.45, 2.75) is 25.6 Å². The lowest BCUT2D eigenvalue weighted by Gasteiger charge is -2.34. The highest BCUT2D eigenvalue weighted by Gasteiger charge is 2.38. The molecule has 0 spiro atoms. The van der Waals surface area contributed by atoms with Gasteiger partial charge >= 0.3 is 5.97 Å². The van der Waals surface area contributed by atoms with Crippen molar-refractivity contribution in [3.05, 3.63) is 35.9 Å². The number of benzene rings is 1. The highest BCUT2D eigenvalue weighted by Crippen LogP contribution is 2.31. The van der Waals surface area contributed by atoms with Crippen molar-refractivity contribution in [3.63, 3.8) is 0 Å². The number of hydrogen-bond donors (Lipinski definition) is 0. The van der Waals surface area contributed by atoms with E-state index in [1.165, 1.54) is 7.11 Å². The molecule has 0 N–H and O–H groups in total. The van der Waals surface area contributed by atoms with Gasteiger partial charge in [0.1, 0.15) is 0 Å². The number of carbonyl (C=O) groups excluding carboxylic acids is 1.